The second-order valence-electron chi connectivity index (χ2n) is 5.22. The van der Waals surface area contributed by atoms with Crippen LogP contribution >= 0.6 is 23.5 Å². The Morgan fingerprint density at radius 2 is 2.23 bits per heavy atom. The number of aliphatic carboxylic acids is 1. The van der Waals surface area contributed by atoms with E-state index in [1.807, 2.05) is 4.90 Å². The summed E-state index contributed by atoms with van der Waals surface area (Å²) >= 11 is 3.04. The van der Waals surface area contributed by atoms with Crippen LogP contribution in [0.2, 0.25) is 0 Å². The van der Waals surface area contributed by atoms with Crippen LogP contribution in [0.1, 0.15) is 5.56 Å². The maximum absolute atomic E-state index is 13.3. The van der Waals surface area contributed by atoms with Crippen molar-refractivity contribution in [1.82, 2.24) is 4.90 Å². The maximum atomic E-state index is 13.3. The third-order valence-corrected chi connectivity index (χ3v) is 6.40. The molecule has 2 N–H and O–H groups in total. The van der Waals surface area contributed by atoms with Gasteiger partial charge in [0, 0.05) is 11.5 Å². The smallest absolute Gasteiger partial charge is 0.321 e. The molecule has 0 aromatic heterocycles. The molecule has 0 spiro atoms. The predicted molar refractivity (Wildman–Crippen MR) is 86.3 cm³/mol. The van der Waals surface area contributed by atoms with Crippen molar-refractivity contribution in [3.05, 3.63) is 29.6 Å². The summed E-state index contributed by atoms with van der Waals surface area (Å²) in [6, 6.07) is 3.23. The van der Waals surface area contributed by atoms with Crippen LogP contribution in [0.15, 0.2) is 23.2 Å². The molecule has 0 saturated carbocycles. The van der Waals surface area contributed by atoms with Crippen molar-refractivity contribution in [2.24, 2.45) is 4.99 Å². The summed E-state index contributed by atoms with van der Waals surface area (Å²) in [7, 11) is 1.79. The number of likely N-dealkylation sites (N-methyl/N-ethyl adjacent to an activating group) is 1. The van der Waals surface area contributed by atoms with Gasteiger partial charge in [-0.1, -0.05) is 0 Å². The number of nitrogens with zero attached hydrogens (tertiary/aromatic N) is 2. The van der Waals surface area contributed by atoms with E-state index in [-0.39, 0.29) is 17.2 Å². The van der Waals surface area contributed by atoms with Crippen LogP contribution in [0.3, 0.4) is 0 Å². The number of aliphatic imine (C=N–C) groups is 1. The highest BCUT2D eigenvalue weighted by atomic mass is 32.2. The topological polar surface area (TPSA) is 73.1 Å². The Balaban J connectivity index is 1.80. The van der Waals surface area contributed by atoms with E-state index in [2.05, 4.69) is 4.99 Å². The van der Waals surface area contributed by atoms with Crippen LogP contribution in [0.25, 0.3) is 0 Å². The van der Waals surface area contributed by atoms with Crippen molar-refractivity contribution in [2.45, 2.75) is 17.5 Å². The molecule has 5 nitrogen and oxygen atoms in total. The number of aromatic hydroxyl groups is 1. The quantitative estimate of drug-likeness (QED) is 0.873. The average Bonchev–Trinajstić information content (AvgIpc) is 3.07. The number of carboxylic acid groups (broad SMARTS) is 1. The first kappa shape index (κ1) is 15.6. The Morgan fingerprint density at radius 3 is 2.91 bits per heavy atom. The largest absolute Gasteiger partial charge is 0.507 e. The van der Waals surface area contributed by atoms with Crippen molar-refractivity contribution in [3.8, 4) is 5.75 Å². The van der Waals surface area contributed by atoms with Crippen LogP contribution < -0.4 is 0 Å². The molecule has 1 unspecified atom stereocenters. The number of halogens is 1. The highest BCUT2D eigenvalue weighted by Crippen LogP contribution is 2.37. The molecule has 0 amide bonds. The van der Waals surface area contributed by atoms with Gasteiger partial charge in [-0.15, -0.1) is 23.5 Å². The van der Waals surface area contributed by atoms with E-state index < -0.39 is 17.8 Å². The van der Waals surface area contributed by atoms with Crippen LogP contribution in [-0.2, 0) is 4.79 Å². The van der Waals surface area contributed by atoms with E-state index in [9.17, 15) is 19.4 Å². The van der Waals surface area contributed by atoms with Gasteiger partial charge in [0.1, 0.15) is 22.7 Å². The molecule has 1 aromatic carbocycles. The molecule has 118 valence electrons. The summed E-state index contributed by atoms with van der Waals surface area (Å²) < 4.78 is 13.3. The molecule has 22 heavy (non-hydrogen) atoms. The first-order chi connectivity index (χ1) is 10.5. The van der Waals surface area contributed by atoms with E-state index >= 15 is 0 Å². The number of rotatable bonds is 3. The predicted octanol–water partition coefficient (Wildman–Crippen LogP) is 1.85. The zero-order valence-electron chi connectivity index (χ0n) is 11.8. The van der Waals surface area contributed by atoms with Crippen molar-refractivity contribution < 1.29 is 19.4 Å². The SMILES string of the molecule is CN1C([C@@H]2CSC(c3cc(F)ccc3O)=N2)SC[C@@H]1C(=O)O. The number of phenols is 1. The fraction of sp³-hybridized carbons (Fsp3) is 0.429. The lowest BCUT2D eigenvalue weighted by Gasteiger charge is -2.24. The van der Waals surface area contributed by atoms with Gasteiger partial charge in [0.25, 0.3) is 0 Å². The lowest BCUT2D eigenvalue weighted by molar-refractivity contribution is -0.141. The lowest BCUT2D eigenvalue weighted by atomic mass is 10.2. The monoisotopic (exact) mass is 342 g/mol. The van der Waals surface area contributed by atoms with Gasteiger partial charge in [-0.25, -0.2) is 4.39 Å². The highest BCUT2D eigenvalue weighted by molar-refractivity contribution is 8.14. The zero-order valence-corrected chi connectivity index (χ0v) is 13.4. The fourth-order valence-electron chi connectivity index (χ4n) is 2.59. The first-order valence-electron chi connectivity index (χ1n) is 6.73. The van der Waals surface area contributed by atoms with Gasteiger partial charge in [0.15, 0.2) is 0 Å². The molecule has 1 fully saturated rings. The maximum Gasteiger partial charge on any atom is 0.321 e. The van der Waals surface area contributed by atoms with Crippen molar-refractivity contribution in [2.75, 3.05) is 18.6 Å². The third kappa shape index (κ3) is 2.82. The molecule has 0 bridgehead atoms. The number of carboxylic acids is 1. The Hall–Kier alpha value is -1.25. The van der Waals surface area contributed by atoms with Gasteiger partial charge in [0.05, 0.1) is 17.0 Å². The van der Waals surface area contributed by atoms with Gasteiger partial charge < -0.3 is 10.2 Å². The number of hydrogen-bond acceptors (Lipinski definition) is 6. The Bertz CT molecular complexity index is 641. The molecular weight excluding hydrogens is 327 g/mol. The van der Waals surface area contributed by atoms with E-state index in [0.29, 0.717) is 22.1 Å². The highest BCUT2D eigenvalue weighted by Gasteiger charge is 2.41. The van der Waals surface area contributed by atoms with Crippen molar-refractivity contribution in [1.29, 1.82) is 0 Å². The summed E-state index contributed by atoms with van der Waals surface area (Å²) in [5, 5.41) is 19.6. The average molecular weight is 342 g/mol. The van der Waals surface area contributed by atoms with Crippen molar-refractivity contribution >= 4 is 34.5 Å². The Morgan fingerprint density at radius 1 is 1.45 bits per heavy atom. The molecule has 1 aromatic rings. The molecule has 2 heterocycles. The van der Waals surface area contributed by atoms with Gasteiger partial charge in [0.2, 0.25) is 0 Å². The van der Waals surface area contributed by atoms with Gasteiger partial charge in [-0.3, -0.25) is 14.7 Å². The second-order valence-corrected chi connectivity index (χ2v) is 7.38. The van der Waals surface area contributed by atoms with Crippen LogP contribution in [0, 0.1) is 5.82 Å². The molecule has 2 aliphatic rings. The first-order valence-corrected chi connectivity index (χ1v) is 8.76. The van der Waals surface area contributed by atoms with E-state index in [0.717, 1.165) is 0 Å². The van der Waals surface area contributed by atoms with E-state index in [4.69, 9.17) is 0 Å². The van der Waals surface area contributed by atoms with Gasteiger partial charge in [-0.2, -0.15) is 0 Å². The third-order valence-electron chi connectivity index (χ3n) is 3.79. The standard InChI is InChI=1S/C14H15FN2O3S2/c1-17-10(14(19)20)6-22-13(17)9-5-21-12(16-9)8-4-7(15)2-3-11(8)18/h2-4,9-10,13,18H,5-6H2,1H3,(H,19,20)/t9-,10+,13?/m0/s1. The van der Waals surface area contributed by atoms with Crippen LogP contribution in [-0.4, -0.2) is 62.1 Å². The molecule has 3 atom stereocenters. The van der Waals surface area contributed by atoms with Crippen LogP contribution in [0.5, 0.6) is 5.75 Å². The molecular formula is C14H15FN2O3S2. The second kappa shape index (κ2) is 6.10. The summed E-state index contributed by atoms with van der Waals surface area (Å²) in [5.74, 6) is -0.00925. The minimum atomic E-state index is -0.824. The molecule has 0 radical (unpaired) electrons. The summed E-state index contributed by atoms with van der Waals surface area (Å²) in [6.07, 6.45) is 0. The zero-order chi connectivity index (χ0) is 15.9. The van der Waals surface area contributed by atoms with Gasteiger partial charge >= 0.3 is 5.97 Å². The number of carbonyl (C=O) groups is 1. The number of thioether (sulfide) groups is 2. The normalized spacial score (nSPS) is 28.8. The minimum absolute atomic E-state index is 0.00384. The molecule has 3 rings (SSSR count). The van der Waals surface area contributed by atoms with E-state index in [1.54, 1.807) is 18.8 Å². The van der Waals surface area contributed by atoms with Crippen molar-refractivity contribution in [3.63, 3.8) is 0 Å². The van der Waals surface area contributed by atoms with Gasteiger partial charge in [-0.05, 0) is 25.2 Å². The number of benzene rings is 1. The molecule has 0 aliphatic carbocycles. The summed E-state index contributed by atoms with van der Waals surface area (Å²) in [5.41, 5.74) is 0.396. The fourth-order valence-corrected chi connectivity index (χ4v) is 5.35. The van der Waals surface area contributed by atoms with Crippen LogP contribution in [0.4, 0.5) is 4.39 Å². The summed E-state index contributed by atoms with van der Waals surface area (Å²) in [4.78, 5) is 17.6. The Labute approximate surface area is 135 Å². The van der Waals surface area contributed by atoms with E-state index in [1.165, 1.54) is 30.0 Å². The molecule has 2 aliphatic heterocycles. The lowest BCUT2D eigenvalue weighted by Crippen LogP contribution is -2.42. The number of hydrogen-bond donors (Lipinski definition) is 2. The molecule has 1 saturated heterocycles. The minimum Gasteiger partial charge on any atom is -0.507 e. The summed E-state index contributed by atoms with van der Waals surface area (Å²) in [6.45, 7) is 0. The number of phenolic OH excluding ortho intramolecular Hbond substituents is 1. The molecule has 8 heteroatoms. The Kier molecular flexibility index (Phi) is 4.33.